The van der Waals surface area contributed by atoms with Crippen LogP contribution in [-0.4, -0.2) is 15.9 Å². The van der Waals surface area contributed by atoms with Crippen molar-refractivity contribution in [3.05, 3.63) is 58.9 Å². The fraction of sp³-hybridized carbons (Fsp3) is 0.312. The fourth-order valence-electron chi connectivity index (χ4n) is 2.58. The van der Waals surface area contributed by atoms with E-state index in [4.69, 9.17) is 5.73 Å². The van der Waals surface area contributed by atoms with Crippen molar-refractivity contribution >= 4 is 16.3 Å². The third kappa shape index (κ3) is 2.92. The fourth-order valence-corrected chi connectivity index (χ4v) is 3.30. The van der Waals surface area contributed by atoms with Gasteiger partial charge in [-0.25, -0.2) is 4.98 Å². The predicted molar refractivity (Wildman–Crippen MR) is 84.2 cm³/mol. The Balaban J connectivity index is 1.72. The molecule has 0 aliphatic rings. The Kier molecular flexibility index (Phi) is 3.85. The van der Waals surface area contributed by atoms with Gasteiger partial charge in [-0.15, -0.1) is 11.3 Å². The maximum atomic E-state index is 5.94. The molecule has 0 saturated carbocycles. The van der Waals surface area contributed by atoms with Crippen molar-refractivity contribution in [3.8, 4) is 0 Å². The van der Waals surface area contributed by atoms with Crippen LogP contribution in [0.4, 0.5) is 0 Å². The average Bonchev–Trinajstić information content (AvgIpc) is 2.98. The van der Waals surface area contributed by atoms with Crippen LogP contribution in [0.25, 0.3) is 4.96 Å². The number of thiazole rings is 1. The lowest BCUT2D eigenvalue weighted by Crippen LogP contribution is -2.19. The molecule has 0 fully saturated rings. The minimum absolute atomic E-state index is 0.446. The summed E-state index contributed by atoms with van der Waals surface area (Å²) in [7, 11) is 0. The SMILES string of the molecule is Cc1cccc(CC(CN)Cc2cn3ccsc3n2)c1. The van der Waals surface area contributed by atoms with Crippen LogP contribution < -0.4 is 5.73 Å². The van der Waals surface area contributed by atoms with Gasteiger partial charge in [0, 0.05) is 17.8 Å². The molecule has 4 heteroatoms. The third-order valence-electron chi connectivity index (χ3n) is 3.58. The average molecular weight is 285 g/mol. The molecule has 0 radical (unpaired) electrons. The summed E-state index contributed by atoms with van der Waals surface area (Å²) < 4.78 is 2.08. The number of benzene rings is 1. The summed E-state index contributed by atoms with van der Waals surface area (Å²) in [6, 6.07) is 8.67. The zero-order chi connectivity index (χ0) is 13.9. The van der Waals surface area contributed by atoms with Crippen LogP contribution in [0.2, 0.25) is 0 Å². The van der Waals surface area contributed by atoms with Gasteiger partial charge in [-0.3, -0.25) is 4.40 Å². The first-order chi connectivity index (χ1) is 9.74. The first-order valence-corrected chi connectivity index (χ1v) is 7.79. The molecule has 0 saturated heterocycles. The molecule has 3 nitrogen and oxygen atoms in total. The highest BCUT2D eigenvalue weighted by atomic mass is 32.1. The summed E-state index contributed by atoms with van der Waals surface area (Å²) in [5.41, 5.74) is 9.75. The molecule has 0 spiro atoms. The van der Waals surface area contributed by atoms with Gasteiger partial charge in [0.1, 0.15) is 0 Å². The number of imidazole rings is 1. The second-order valence-electron chi connectivity index (χ2n) is 5.32. The van der Waals surface area contributed by atoms with E-state index in [1.807, 2.05) is 0 Å². The summed E-state index contributed by atoms with van der Waals surface area (Å²) in [6.45, 7) is 2.82. The summed E-state index contributed by atoms with van der Waals surface area (Å²) in [5, 5.41) is 2.05. The summed E-state index contributed by atoms with van der Waals surface area (Å²) in [6.07, 6.45) is 6.13. The number of nitrogens with two attached hydrogens (primary N) is 1. The van der Waals surface area contributed by atoms with Crippen molar-refractivity contribution in [2.24, 2.45) is 11.7 Å². The van der Waals surface area contributed by atoms with E-state index in [0.717, 1.165) is 23.5 Å². The number of hydrogen-bond acceptors (Lipinski definition) is 3. The van der Waals surface area contributed by atoms with Gasteiger partial charge in [0.15, 0.2) is 4.96 Å². The molecule has 0 bridgehead atoms. The van der Waals surface area contributed by atoms with Crippen LogP contribution in [0, 0.1) is 12.8 Å². The Bertz CT molecular complexity index is 670. The number of nitrogens with zero attached hydrogens (tertiary/aromatic N) is 2. The van der Waals surface area contributed by atoms with E-state index in [0.29, 0.717) is 12.5 Å². The molecule has 2 heterocycles. The molecular weight excluding hydrogens is 266 g/mol. The molecule has 2 aromatic heterocycles. The van der Waals surface area contributed by atoms with Crippen molar-refractivity contribution in [1.29, 1.82) is 0 Å². The molecule has 1 aromatic carbocycles. The number of rotatable bonds is 5. The molecule has 3 rings (SSSR count). The van der Waals surface area contributed by atoms with Crippen LogP contribution in [0.3, 0.4) is 0 Å². The van der Waals surface area contributed by atoms with Gasteiger partial charge in [0.2, 0.25) is 0 Å². The maximum Gasteiger partial charge on any atom is 0.193 e. The number of aromatic nitrogens is 2. The smallest absolute Gasteiger partial charge is 0.193 e. The highest BCUT2D eigenvalue weighted by molar-refractivity contribution is 7.15. The topological polar surface area (TPSA) is 43.3 Å². The van der Waals surface area contributed by atoms with Crippen molar-refractivity contribution < 1.29 is 0 Å². The van der Waals surface area contributed by atoms with E-state index in [2.05, 4.69) is 58.3 Å². The Hall–Kier alpha value is -1.65. The largest absolute Gasteiger partial charge is 0.330 e. The Morgan fingerprint density at radius 3 is 3.00 bits per heavy atom. The number of fused-ring (bicyclic) bond motifs is 1. The van der Waals surface area contributed by atoms with Gasteiger partial charge >= 0.3 is 0 Å². The van der Waals surface area contributed by atoms with E-state index in [1.54, 1.807) is 11.3 Å². The maximum absolute atomic E-state index is 5.94. The van der Waals surface area contributed by atoms with Gasteiger partial charge in [0.25, 0.3) is 0 Å². The lowest BCUT2D eigenvalue weighted by molar-refractivity contribution is 0.528. The van der Waals surface area contributed by atoms with Crippen molar-refractivity contribution in [3.63, 3.8) is 0 Å². The highest BCUT2D eigenvalue weighted by Gasteiger charge is 2.12. The molecule has 1 unspecified atom stereocenters. The van der Waals surface area contributed by atoms with Crippen LogP contribution >= 0.6 is 11.3 Å². The van der Waals surface area contributed by atoms with Crippen LogP contribution in [-0.2, 0) is 12.8 Å². The molecule has 3 aromatic rings. The quantitative estimate of drug-likeness (QED) is 0.783. The lowest BCUT2D eigenvalue weighted by atomic mass is 9.94. The number of hydrogen-bond donors (Lipinski definition) is 1. The van der Waals surface area contributed by atoms with Gasteiger partial charge in [-0.05, 0) is 37.8 Å². The molecule has 0 aliphatic heterocycles. The van der Waals surface area contributed by atoms with Crippen molar-refractivity contribution in [1.82, 2.24) is 9.38 Å². The lowest BCUT2D eigenvalue weighted by Gasteiger charge is -2.13. The zero-order valence-corrected chi connectivity index (χ0v) is 12.4. The van der Waals surface area contributed by atoms with Crippen LogP contribution in [0.1, 0.15) is 16.8 Å². The van der Waals surface area contributed by atoms with Crippen LogP contribution in [0.5, 0.6) is 0 Å². The van der Waals surface area contributed by atoms with Crippen molar-refractivity contribution in [2.45, 2.75) is 19.8 Å². The molecule has 0 amide bonds. The summed E-state index contributed by atoms with van der Waals surface area (Å²) >= 11 is 1.67. The Labute approximate surface area is 123 Å². The first-order valence-electron chi connectivity index (χ1n) is 6.91. The van der Waals surface area contributed by atoms with Crippen molar-refractivity contribution in [2.75, 3.05) is 6.54 Å². The third-order valence-corrected chi connectivity index (χ3v) is 4.35. The Morgan fingerprint density at radius 2 is 2.25 bits per heavy atom. The van der Waals surface area contributed by atoms with E-state index >= 15 is 0 Å². The zero-order valence-electron chi connectivity index (χ0n) is 11.6. The van der Waals surface area contributed by atoms with Gasteiger partial charge < -0.3 is 5.73 Å². The minimum Gasteiger partial charge on any atom is -0.330 e. The molecular formula is C16H19N3S. The van der Waals surface area contributed by atoms with E-state index in [-0.39, 0.29) is 0 Å². The number of aryl methyl sites for hydroxylation is 1. The van der Waals surface area contributed by atoms with E-state index in [9.17, 15) is 0 Å². The monoisotopic (exact) mass is 285 g/mol. The Morgan fingerprint density at radius 1 is 1.35 bits per heavy atom. The highest BCUT2D eigenvalue weighted by Crippen LogP contribution is 2.17. The molecule has 2 N–H and O–H groups in total. The van der Waals surface area contributed by atoms with E-state index < -0.39 is 0 Å². The van der Waals surface area contributed by atoms with Gasteiger partial charge in [0.05, 0.1) is 5.69 Å². The standard InChI is InChI=1S/C16H19N3S/c1-12-3-2-4-13(7-12)8-14(10-17)9-15-11-19-5-6-20-16(19)18-15/h2-7,11,14H,8-10,17H2,1H3. The molecule has 20 heavy (non-hydrogen) atoms. The molecule has 104 valence electrons. The molecule has 0 aliphatic carbocycles. The predicted octanol–water partition coefficient (Wildman–Crippen LogP) is 3.06. The second kappa shape index (κ2) is 5.77. The second-order valence-corrected chi connectivity index (χ2v) is 6.20. The van der Waals surface area contributed by atoms with Crippen LogP contribution in [0.15, 0.2) is 42.0 Å². The first kappa shape index (κ1) is 13.3. The normalized spacial score (nSPS) is 12.9. The van der Waals surface area contributed by atoms with E-state index in [1.165, 1.54) is 11.1 Å². The summed E-state index contributed by atoms with van der Waals surface area (Å²) in [4.78, 5) is 5.71. The summed E-state index contributed by atoms with van der Waals surface area (Å²) in [5.74, 6) is 0.446. The van der Waals surface area contributed by atoms with Gasteiger partial charge in [-0.1, -0.05) is 29.8 Å². The minimum atomic E-state index is 0.446. The molecule has 1 atom stereocenters. The van der Waals surface area contributed by atoms with Gasteiger partial charge in [-0.2, -0.15) is 0 Å².